The summed E-state index contributed by atoms with van der Waals surface area (Å²) < 4.78 is 44.4. The predicted molar refractivity (Wildman–Crippen MR) is 133 cm³/mol. The van der Waals surface area contributed by atoms with Gasteiger partial charge in [0.05, 0.1) is 6.42 Å². The predicted octanol–water partition coefficient (Wildman–Crippen LogP) is 4.46. The van der Waals surface area contributed by atoms with Crippen LogP contribution >= 0.6 is 0 Å². The standard InChI is InChI=1S/C29H22F3N3O3/c1-29-17-25(36)35(26-23(31)15-20(16-24(26)32)12-11-19-7-3-2-4-8-19)28(38)34(29)14-13-33(27(29)37)18-21-9-5-6-10-22(21)30/h2-10,15-16H,13-14,17-18H2,1H3. The van der Waals surface area contributed by atoms with Crippen molar-refractivity contribution in [3.8, 4) is 11.8 Å². The van der Waals surface area contributed by atoms with Crippen LogP contribution in [0.5, 0.6) is 0 Å². The van der Waals surface area contributed by atoms with E-state index in [2.05, 4.69) is 11.8 Å². The summed E-state index contributed by atoms with van der Waals surface area (Å²) in [7, 11) is 0. The van der Waals surface area contributed by atoms with Crippen LogP contribution in [-0.4, -0.2) is 46.3 Å². The maximum atomic E-state index is 15.1. The molecule has 2 aliphatic rings. The van der Waals surface area contributed by atoms with Gasteiger partial charge < -0.3 is 9.80 Å². The van der Waals surface area contributed by atoms with E-state index in [1.807, 2.05) is 6.07 Å². The molecule has 2 heterocycles. The van der Waals surface area contributed by atoms with E-state index in [1.54, 1.807) is 36.4 Å². The summed E-state index contributed by atoms with van der Waals surface area (Å²) >= 11 is 0. The number of halogens is 3. The monoisotopic (exact) mass is 517 g/mol. The van der Waals surface area contributed by atoms with E-state index in [0.717, 1.165) is 17.0 Å². The number of carbonyl (C=O) groups is 3. The average molecular weight is 518 g/mol. The van der Waals surface area contributed by atoms with Crippen molar-refractivity contribution in [2.24, 2.45) is 0 Å². The summed E-state index contributed by atoms with van der Waals surface area (Å²) in [5, 5.41) is 0. The first-order chi connectivity index (χ1) is 18.2. The Morgan fingerprint density at radius 3 is 2.13 bits per heavy atom. The third-order valence-electron chi connectivity index (χ3n) is 6.79. The van der Waals surface area contributed by atoms with Gasteiger partial charge in [-0.2, -0.15) is 0 Å². The van der Waals surface area contributed by atoms with Crippen molar-refractivity contribution in [2.75, 3.05) is 18.0 Å². The fourth-order valence-corrected chi connectivity index (χ4v) is 4.82. The van der Waals surface area contributed by atoms with Crippen LogP contribution < -0.4 is 4.90 Å². The third kappa shape index (κ3) is 4.39. The lowest BCUT2D eigenvalue weighted by atomic mass is 9.88. The fraction of sp³-hybridized carbons (Fsp3) is 0.207. The van der Waals surface area contributed by atoms with E-state index < -0.39 is 52.9 Å². The second-order valence-corrected chi connectivity index (χ2v) is 9.34. The number of hydrogen-bond donors (Lipinski definition) is 0. The first kappa shape index (κ1) is 25.1. The van der Waals surface area contributed by atoms with Gasteiger partial charge >= 0.3 is 6.03 Å². The van der Waals surface area contributed by atoms with Crippen LogP contribution in [0.3, 0.4) is 0 Å². The number of amides is 4. The summed E-state index contributed by atoms with van der Waals surface area (Å²) in [4.78, 5) is 42.8. The zero-order valence-electron chi connectivity index (χ0n) is 20.4. The Balaban J connectivity index is 1.41. The fourth-order valence-electron chi connectivity index (χ4n) is 4.82. The SMILES string of the molecule is CC12CC(=O)N(c3c(F)cc(C#Cc4ccccc4)cc3F)C(=O)N1CCN(Cc1ccccc1F)C2=O. The Morgan fingerprint density at radius 2 is 1.45 bits per heavy atom. The number of urea groups is 1. The van der Waals surface area contributed by atoms with Crippen LogP contribution in [-0.2, 0) is 16.1 Å². The molecule has 6 nitrogen and oxygen atoms in total. The minimum atomic E-state index is -1.57. The lowest BCUT2D eigenvalue weighted by Crippen LogP contribution is -2.72. The Morgan fingerprint density at radius 1 is 0.816 bits per heavy atom. The molecule has 3 aromatic carbocycles. The van der Waals surface area contributed by atoms with Crippen LogP contribution in [0, 0.1) is 29.3 Å². The van der Waals surface area contributed by atoms with Gasteiger partial charge in [0.2, 0.25) is 11.8 Å². The maximum absolute atomic E-state index is 15.1. The number of anilines is 1. The second-order valence-electron chi connectivity index (χ2n) is 9.34. The smallest absolute Gasteiger partial charge is 0.332 e. The summed E-state index contributed by atoms with van der Waals surface area (Å²) in [5.41, 5.74) is -1.40. The van der Waals surface area contributed by atoms with Crippen LogP contribution in [0.2, 0.25) is 0 Å². The summed E-state index contributed by atoms with van der Waals surface area (Å²) in [6, 6.07) is 15.8. The van der Waals surface area contributed by atoms with E-state index in [4.69, 9.17) is 0 Å². The molecule has 0 spiro atoms. The Kier molecular flexibility index (Phi) is 6.41. The van der Waals surface area contributed by atoms with Crippen molar-refractivity contribution in [2.45, 2.75) is 25.4 Å². The highest BCUT2D eigenvalue weighted by atomic mass is 19.1. The van der Waals surface area contributed by atoms with Crippen LogP contribution in [0.25, 0.3) is 0 Å². The molecule has 2 aliphatic heterocycles. The van der Waals surface area contributed by atoms with Gasteiger partial charge in [-0.3, -0.25) is 9.59 Å². The molecule has 38 heavy (non-hydrogen) atoms. The van der Waals surface area contributed by atoms with E-state index in [9.17, 15) is 18.8 Å². The number of hydrogen-bond acceptors (Lipinski definition) is 3. The van der Waals surface area contributed by atoms with Gasteiger partial charge in [0, 0.05) is 36.3 Å². The molecule has 1 unspecified atom stereocenters. The molecule has 192 valence electrons. The van der Waals surface area contributed by atoms with Gasteiger partial charge in [-0.25, -0.2) is 22.9 Å². The van der Waals surface area contributed by atoms with Crippen molar-refractivity contribution < 1.29 is 27.6 Å². The maximum Gasteiger partial charge on any atom is 0.332 e. The lowest BCUT2D eigenvalue weighted by Gasteiger charge is -2.51. The first-order valence-electron chi connectivity index (χ1n) is 11.9. The molecule has 5 rings (SSSR count). The zero-order valence-corrected chi connectivity index (χ0v) is 20.4. The van der Waals surface area contributed by atoms with Crippen molar-refractivity contribution >= 4 is 23.5 Å². The molecular weight excluding hydrogens is 495 g/mol. The molecule has 0 saturated carbocycles. The normalized spacial score (nSPS) is 19.3. The molecular formula is C29H22F3N3O3. The minimum absolute atomic E-state index is 0.00315. The third-order valence-corrected chi connectivity index (χ3v) is 6.79. The Bertz CT molecular complexity index is 1490. The molecule has 3 aromatic rings. The number of nitrogens with zero attached hydrogens (tertiary/aromatic N) is 3. The number of imide groups is 1. The van der Waals surface area contributed by atoms with E-state index in [-0.39, 0.29) is 25.2 Å². The topological polar surface area (TPSA) is 60.9 Å². The van der Waals surface area contributed by atoms with Crippen LogP contribution in [0.4, 0.5) is 23.7 Å². The molecule has 2 saturated heterocycles. The van der Waals surface area contributed by atoms with Gasteiger partial charge in [0.25, 0.3) is 0 Å². The highest BCUT2D eigenvalue weighted by molar-refractivity contribution is 6.19. The quantitative estimate of drug-likeness (QED) is 0.482. The van der Waals surface area contributed by atoms with Gasteiger partial charge in [0.15, 0.2) is 11.6 Å². The molecule has 9 heteroatoms. The van der Waals surface area contributed by atoms with Crippen molar-refractivity contribution in [3.05, 3.63) is 101 Å². The van der Waals surface area contributed by atoms with E-state index in [1.165, 1.54) is 24.0 Å². The van der Waals surface area contributed by atoms with Crippen molar-refractivity contribution in [1.29, 1.82) is 0 Å². The van der Waals surface area contributed by atoms with Crippen molar-refractivity contribution in [1.82, 2.24) is 9.80 Å². The molecule has 0 aromatic heterocycles. The Labute approximate surface area is 217 Å². The summed E-state index contributed by atoms with van der Waals surface area (Å²) in [6.45, 7) is 1.47. The first-order valence-corrected chi connectivity index (χ1v) is 11.9. The van der Waals surface area contributed by atoms with Gasteiger partial charge in [0.1, 0.15) is 17.0 Å². The Hall–Kier alpha value is -4.58. The van der Waals surface area contributed by atoms with Crippen LogP contribution in [0.15, 0.2) is 66.7 Å². The molecule has 0 radical (unpaired) electrons. The number of carbonyl (C=O) groups excluding carboxylic acids is 3. The van der Waals surface area contributed by atoms with Gasteiger partial charge in [-0.1, -0.05) is 48.2 Å². The number of rotatable bonds is 3. The number of benzene rings is 3. The van der Waals surface area contributed by atoms with E-state index in [0.29, 0.717) is 16.0 Å². The van der Waals surface area contributed by atoms with Gasteiger partial charge in [-0.15, -0.1) is 0 Å². The molecule has 0 aliphatic carbocycles. The van der Waals surface area contributed by atoms with E-state index >= 15 is 8.78 Å². The average Bonchev–Trinajstić information content (AvgIpc) is 2.88. The second kappa shape index (κ2) is 9.71. The molecule has 1 atom stereocenters. The summed E-state index contributed by atoms with van der Waals surface area (Å²) in [5.74, 6) is 1.28. The highest BCUT2D eigenvalue weighted by Crippen LogP contribution is 2.37. The largest absolute Gasteiger partial charge is 0.334 e. The molecule has 0 bridgehead atoms. The zero-order chi connectivity index (χ0) is 27.0. The summed E-state index contributed by atoms with van der Waals surface area (Å²) in [6.07, 6.45) is -0.486. The highest BCUT2D eigenvalue weighted by Gasteiger charge is 2.55. The molecule has 4 amide bonds. The van der Waals surface area contributed by atoms with Crippen molar-refractivity contribution in [3.63, 3.8) is 0 Å². The van der Waals surface area contributed by atoms with Crippen LogP contribution in [0.1, 0.15) is 30.0 Å². The molecule has 2 fully saturated rings. The van der Waals surface area contributed by atoms with Gasteiger partial charge in [-0.05, 0) is 37.3 Å². The lowest BCUT2D eigenvalue weighted by molar-refractivity contribution is -0.152. The minimum Gasteiger partial charge on any atom is -0.334 e. The number of piperazine rings is 1. The number of fused-ring (bicyclic) bond motifs is 1. The molecule has 0 N–H and O–H groups in total.